The quantitative estimate of drug-likeness (QED) is 0.0261. The first-order valence-electron chi connectivity index (χ1n) is 31.8. The van der Waals surface area contributed by atoms with Crippen LogP contribution in [0.2, 0.25) is 0 Å². The number of ether oxygens (including phenoxy) is 3. The summed E-state index contributed by atoms with van der Waals surface area (Å²) in [6, 6.07) is 0. The van der Waals surface area contributed by atoms with Gasteiger partial charge in [-0.05, 0) is 44.9 Å². The molecule has 0 rings (SSSR count). The maximum atomic E-state index is 12.7. The second kappa shape index (κ2) is 61.7. The second-order valence-corrected chi connectivity index (χ2v) is 21.3. The average molecular weight is 1020 g/mol. The highest BCUT2D eigenvalue weighted by Crippen LogP contribution is 2.18. The molecule has 1 unspecified atom stereocenters. The highest BCUT2D eigenvalue weighted by molar-refractivity contribution is 5.72. The Balaban J connectivity index is 3.94. The van der Waals surface area contributed by atoms with Crippen molar-refractivity contribution in [3.05, 3.63) is 60.8 Å². The lowest BCUT2D eigenvalue weighted by Crippen LogP contribution is -2.30. The molecule has 0 fully saturated rings. The minimum atomic E-state index is -0.823. The third-order valence-corrected chi connectivity index (χ3v) is 14.1. The van der Waals surface area contributed by atoms with Gasteiger partial charge in [-0.25, -0.2) is 0 Å². The first-order chi connectivity index (χ1) is 36.0. The summed E-state index contributed by atoms with van der Waals surface area (Å²) in [5.74, 6) is -1.04. The Morgan fingerprint density at radius 2 is 0.521 bits per heavy atom. The Morgan fingerprint density at radius 1 is 0.288 bits per heavy atom. The van der Waals surface area contributed by atoms with Crippen molar-refractivity contribution in [2.24, 2.45) is 0 Å². The summed E-state index contributed by atoms with van der Waals surface area (Å²) in [6.45, 7) is 6.41. The lowest BCUT2D eigenvalue weighted by Gasteiger charge is -2.18. The monoisotopic (exact) mass is 1020 g/mol. The van der Waals surface area contributed by atoms with Crippen molar-refractivity contribution in [2.45, 2.75) is 335 Å². The molecule has 0 heterocycles. The van der Waals surface area contributed by atoms with Gasteiger partial charge < -0.3 is 14.2 Å². The molecule has 73 heavy (non-hydrogen) atoms. The molecular weight excluding hydrogens is 901 g/mol. The van der Waals surface area contributed by atoms with Crippen LogP contribution in [0.3, 0.4) is 0 Å². The first kappa shape index (κ1) is 70.1. The first-order valence-corrected chi connectivity index (χ1v) is 31.8. The fourth-order valence-corrected chi connectivity index (χ4v) is 9.35. The van der Waals surface area contributed by atoms with Crippen LogP contribution in [0.1, 0.15) is 329 Å². The zero-order chi connectivity index (χ0) is 52.9. The maximum absolute atomic E-state index is 12.7. The lowest BCUT2D eigenvalue weighted by molar-refractivity contribution is -0.166. The molecule has 0 bridgehead atoms. The number of esters is 3. The van der Waals surface area contributed by atoms with Gasteiger partial charge in [-0.15, -0.1) is 0 Å². The van der Waals surface area contributed by atoms with Gasteiger partial charge in [0.1, 0.15) is 13.2 Å². The van der Waals surface area contributed by atoms with Crippen LogP contribution in [0.5, 0.6) is 0 Å². The van der Waals surface area contributed by atoms with E-state index in [4.69, 9.17) is 14.2 Å². The van der Waals surface area contributed by atoms with Gasteiger partial charge in [0.15, 0.2) is 6.10 Å². The number of hydrogen-bond acceptors (Lipinski definition) is 6. The molecule has 0 aromatic rings. The van der Waals surface area contributed by atoms with E-state index in [1.54, 1.807) is 6.08 Å². The molecule has 0 saturated heterocycles. The van der Waals surface area contributed by atoms with Crippen molar-refractivity contribution in [1.29, 1.82) is 0 Å². The summed E-state index contributed by atoms with van der Waals surface area (Å²) in [5, 5.41) is 0. The smallest absolute Gasteiger partial charge is 0.310 e. The van der Waals surface area contributed by atoms with Crippen LogP contribution in [-0.2, 0) is 28.6 Å². The third kappa shape index (κ3) is 59.9. The van der Waals surface area contributed by atoms with Gasteiger partial charge in [0.05, 0.1) is 6.42 Å². The number of rotatable bonds is 58. The zero-order valence-corrected chi connectivity index (χ0v) is 48.7. The van der Waals surface area contributed by atoms with E-state index in [2.05, 4.69) is 69.4 Å². The number of allylic oxidation sites excluding steroid dienone is 9. The predicted octanol–water partition coefficient (Wildman–Crippen LogP) is 21.6. The van der Waals surface area contributed by atoms with Crippen molar-refractivity contribution >= 4 is 17.9 Å². The molecule has 0 aliphatic rings. The van der Waals surface area contributed by atoms with Crippen LogP contribution >= 0.6 is 0 Å². The van der Waals surface area contributed by atoms with Crippen LogP contribution in [-0.4, -0.2) is 37.2 Å². The molecule has 0 saturated carbocycles. The molecule has 0 aliphatic heterocycles. The van der Waals surface area contributed by atoms with Crippen LogP contribution < -0.4 is 0 Å². The van der Waals surface area contributed by atoms with E-state index >= 15 is 0 Å². The lowest BCUT2D eigenvalue weighted by atomic mass is 10.0. The fourth-order valence-electron chi connectivity index (χ4n) is 9.35. The summed E-state index contributed by atoms with van der Waals surface area (Å²) in [6.07, 6.45) is 79.0. The van der Waals surface area contributed by atoms with Crippen molar-refractivity contribution < 1.29 is 28.6 Å². The van der Waals surface area contributed by atoms with Crippen LogP contribution in [0.15, 0.2) is 60.8 Å². The van der Waals surface area contributed by atoms with Crippen molar-refractivity contribution in [1.82, 2.24) is 0 Å². The van der Waals surface area contributed by atoms with Gasteiger partial charge >= 0.3 is 17.9 Å². The molecule has 424 valence electrons. The van der Waals surface area contributed by atoms with E-state index in [0.29, 0.717) is 12.8 Å². The van der Waals surface area contributed by atoms with E-state index in [1.165, 1.54) is 218 Å². The van der Waals surface area contributed by atoms with Crippen LogP contribution in [0.25, 0.3) is 0 Å². The summed E-state index contributed by atoms with van der Waals surface area (Å²) in [4.78, 5) is 37.8. The normalized spacial score (nSPS) is 12.4. The Morgan fingerprint density at radius 3 is 0.781 bits per heavy atom. The highest BCUT2D eigenvalue weighted by atomic mass is 16.6. The molecule has 1 atom stereocenters. The van der Waals surface area contributed by atoms with Gasteiger partial charge in [-0.1, -0.05) is 326 Å². The molecule has 0 aromatic carbocycles. The van der Waals surface area contributed by atoms with Crippen molar-refractivity contribution in [3.63, 3.8) is 0 Å². The Bertz CT molecular complexity index is 1310. The second-order valence-electron chi connectivity index (χ2n) is 21.3. The van der Waals surface area contributed by atoms with Crippen LogP contribution in [0.4, 0.5) is 0 Å². The molecule has 6 heteroatoms. The van der Waals surface area contributed by atoms with E-state index in [0.717, 1.165) is 70.6 Å². The maximum Gasteiger partial charge on any atom is 0.310 e. The number of carbonyl (C=O) groups excluding carboxylic acids is 3. The summed E-state index contributed by atoms with van der Waals surface area (Å²) in [5.41, 5.74) is 0. The highest BCUT2D eigenvalue weighted by Gasteiger charge is 2.19. The largest absolute Gasteiger partial charge is 0.462 e. The third-order valence-electron chi connectivity index (χ3n) is 14.1. The minimum absolute atomic E-state index is 0.101. The summed E-state index contributed by atoms with van der Waals surface area (Å²) < 4.78 is 16.6. The standard InChI is InChI=1S/C67H120O6/c1-4-7-10-13-16-18-20-22-24-25-26-27-28-29-30-31-32-33-34-35-36-37-38-39-40-41-42-44-45-47-49-51-54-57-60-66(69)72-63-64(62-71-65(68)59-56-53-15-12-9-6-3)73-67(70)61-58-55-52-50-48-46-43-23-21-19-17-14-11-8-5-2/h8,11,17,19,23,43,48,50,55,58,64H,4-7,9-10,12-16,18,20-22,24-42,44-47,49,51-54,56-57,59-63H2,1-3H3/b11-8-,19-17-,43-23-,50-48-,58-55-. The molecule has 0 spiro atoms. The van der Waals surface area contributed by atoms with Gasteiger partial charge in [-0.2, -0.15) is 0 Å². The Hall–Kier alpha value is -2.89. The van der Waals surface area contributed by atoms with Gasteiger partial charge in [-0.3, -0.25) is 14.4 Å². The van der Waals surface area contributed by atoms with E-state index < -0.39 is 12.1 Å². The van der Waals surface area contributed by atoms with Crippen molar-refractivity contribution in [2.75, 3.05) is 13.2 Å². The number of unbranched alkanes of at least 4 members (excludes halogenated alkanes) is 38. The predicted molar refractivity (Wildman–Crippen MR) is 316 cm³/mol. The molecule has 0 aromatic heterocycles. The number of hydrogen-bond donors (Lipinski definition) is 0. The van der Waals surface area contributed by atoms with E-state index in [1.807, 2.05) is 6.08 Å². The molecule has 0 aliphatic carbocycles. The molecule has 6 nitrogen and oxygen atoms in total. The topological polar surface area (TPSA) is 78.9 Å². The summed E-state index contributed by atoms with van der Waals surface area (Å²) in [7, 11) is 0. The van der Waals surface area contributed by atoms with Gasteiger partial charge in [0, 0.05) is 12.8 Å². The Labute approximate surface area is 453 Å². The average Bonchev–Trinajstić information content (AvgIpc) is 3.39. The van der Waals surface area contributed by atoms with Gasteiger partial charge in [0.25, 0.3) is 0 Å². The van der Waals surface area contributed by atoms with E-state index in [-0.39, 0.29) is 31.6 Å². The minimum Gasteiger partial charge on any atom is -0.462 e. The van der Waals surface area contributed by atoms with E-state index in [9.17, 15) is 14.4 Å². The zero-order valence-electron chi connectivity index (χ0n) is 48.7. The summed E-state index contributed by atoms with van der Waals surface area (Å²) >= 11 is 0. The van der Waals surface area contributed by atoms with Crippen LogP contribution in [0, 0.1) is 0 Å². The fraction of sp³-hybridized carbons (Fsp3) is 0.806. The molecule has 0 amide bonds. The number of carbonyl (C=O) groups is 3. The SMILES string of the molecule is CC/C=C\C/C=C\C/C=C\C/C=C\C/C=C\CC(=O)OC(COC(=O)CCCCCCCC)COC(=O)CCCCCCCCCCCCCCCCCCCCCCCCCCCCCCCCCCCC. The molecule has 0 N–H and O–H groups in total. The molecule has 0 radical (unpaired) electrons. The molecular formula is C67H120O6. The van der Waals surface area contributed by atoms with Crippen molar-refractivity contribution in [3.8, 4) is 0 Å². The Kier molecular flexibility index (Phi) is 59.2. The van der Waals surface area contributed by atoms with Gasteiger partial charge in [0.2, 0.25) is 0 Å².